The molecule has 0 spiro atoms. The summed E-state index contributed by atoms with van der Waals surface area (Å²) in [4.78, 5) is 39.2. The molecule has 0 amide bonds. The van der Waals surface area contributed by atoms with Gasteiger partial charge >= 0.3 is 17.9 Å². The summed E-state index contributed by atoms with van der Waals surface area (Å²) in [5, 5.41) is 11.4. The van der Waals surface area contributed by atoms with Crippen molar-refractivity contribution in [2.75, 3.05) is 13.2 Å². The van der Waals surface area contributed by atoms with Crippen molar-refractivity contribution < 1.29 is 43.2 Å². The van der Waals surface area contributed by atoms with Gasteiger partial charge in [0.05, 0.1) is 16.7 Å². The minimum atomic E-state index is -1.50. The number of esters is 3. The lowest BCUT2D eigenvalue weighted by atomic mass is 9.98. The van der Waals surface area contributed by atoms with Gasteiger partial charge in [0, 0.05) is 6.61 Å². The van der Waals surface area contributed by atoms with Gasteiger partial charge in [-0.05, 0) is 42.8 Å². The van der Waals surface area contributed by atoms with Crippen LogP contribution in [0.25, 0.3) is 0 Å². The first-order valence-electron chi connectivity index (χ1n) is 15.2. The Hall–Kier alpha value is -4.05. The second-order valence-electron chi connectivity index (χ2n) is 10.6. The molecule has 1 aliphatic heterocycles. The van der Waals surface area contributed by atoms with Crippen molar-refractivity contribution >= 4 is 17.9 Å². The van der Waals surface area contributed by atoms with E-state index in [4.69, 9.17) is 23.7 Å². The molecule has 3 aromatic carbocycles. The van der Waals surface area contributed by atoms with Gasteiger partial charge in [-0.2, -0.15) is 0 Å². The highest BCUT2D eigenvalue weighted by molar-refractivity contribution is 5.90. The van der Waals surface area contributed by atoms with Crippen molar-refractivity contribution in [1.29, 1.82) is 0 Å². The number of hydrogen-bond donors (Lipinski definition) is 1. The minimum Gasteiger partial charge on any atom is -0.459 e. The molecular formula is C35H40O9. The van der Waals surface area contributed by atoms with Crippen LogP contribution in [-0.4, -0.2) is 66.9 Å². The quantitative estimate of drug-likeness (QED) is 0.131. The van der Waals surface area contributed by atoms with E-state index >= 15 is 0 Å². The molecule has 0 aliphatic carbocycles. The number of carbonyl (C=O) groups excluding carboxylic acids is 3. The molecule has 0 saturated carbocycles. The zero-order chi connectivity index (χ0) is 31.1. The standard InChI is InChI=1S/C35H40O9/c1-2-3-4-5-6-16-23-40-35-29(36)31(44-34(39)27-21-14-9-15-22-27)30(43-33(38)26-19-12-8-13-20-26)28(42-35)24-41-32(37)25-17-10-7-11-18-25/h7-15,17-22,28-31,35-36H,2-6,16,23-24H2,1H3/t28-,29+,30-,31-,35-/m1/s1. The van der Waals surface area contributed by atoms with Gasteiger partial charge in [0.1, 0.15) is 18.8 Å². The Morgan fingerprint density at radius 1 is 0.659 bits per heavy atom. The van der Waals surface area contributed by atoms with E-state index in [-0.39, 0.29) is 24.3 Å². The average molecular weight is 605 g/mol. The SMILES string of the molecule is CCCCCCCCO[C@@H]1O[C@H](COC(=O)c2ccccc2)[C@@H](OC(=O)c2ccccc2)[C@H](OC(=O)c2ccccc2)[C@@H]1O. The van der Waals surface area contributed by atoms with E-state index in [9.17, 15) is 19.5 Å². The van der Waals surface area contributed by atoms with Crippen LogP contribution in [0.1, 0.15) is 76.5 Å². The maximum atomic E-state index is 13.2. The van der Waals surface area contributed by atoms with E-state index < -0.39 is 48.6 Å². The molecule has 234 valence electrons. The van der Waals surface area contributed by atoms with Crippen molar-refractivity contribution in [1.82, 2.24) is 0 Å². The fourth-order valence-electron chi connectivity index (χ4n) is 4.87. The van der Waals surface area contributed by atoms with E-state index in [0.717, 1.165) is 32.1 Å². The number of aliphatic hydroxyl groups is 1. The first-order valence-corrected chi connectivity index (χ1v) is 15.2. The summed E-state index contributed by atoms with van der Waals surface area (Å²) in [5.74, 6) is -2.07. The van der Waals surface area contributed by atoms with Gasteiger partial charge in [0.15, 0.2) is 18.5 Å². The molecule has 1 saturated heterocycles. The Morgan fingerprint density at radius 3 is 1.68 bits per heavy atom. The molecule has 0 radical (unpaired) electrons. The summed E-state index contributed by atoms with van der Waals surface area (Å²) < 4.78 is 29.2. The average Bonchev–Trinajstić information content (AvgIpc) is 3.07. The molecule has 44 heavy (non-hydrogen) atoms. The fourth-order valence-corrected chi connectivity index (χ4v) is 4.87. The number of benzene rings is 3. The lowest BCUT2D eigenvalue weighted by Crippen LogP contribution is -2.62. The van der Waals surface area contributed by atoms with Crippen molar-refractivity contribution in [3.05, 3.63) is 108 Å². The van der Waals surface area contributed by atoms with Gasteiger partial charge in [0.25, 0.3) is 0 Å². The maximum Gasteiger partial charge on any atom is 0.338 e. The van der Waals surface area contributed by atoms with E-state index in [1.165, 1.54) is 6.42 Å². The molecule has 1 N–H and O–H groups in total. The molecule has 1 heterocycles. The third-order valence-electron chi connectivity index (χ3n) is 7.29. The van der Waals surface area contributed by atoms with Gasteiger partial charge in [-0.15, -0.1) is 0 Å². The monoisotopic (exact) mass is 604 g/mol. The zero-order valence-electron chi connectivity index (χ0n) is 24.9. The molecular weight excluding hydrogens is 564 g/mol. The minimum absolute atomic E-state index is 0.246. The van der Waals surface area contributed by atoms with Gasteiger partial charge in [-0.1, -0.05) is 93.6 Å². The molecule has 3 aromatic rings. The van der Waals surface area contributed by atoms with Crippen molar-refractivity contribution in [3.8, 4) is 0 Å². The lowest BCUT2D eigenvalue weighted by molar-refractivity contribution is -0.299. The predicted molar refractivity (Wildman–Crippen MR) is 162 cm³/mol. The van der Waals surface area contributed by atoms with Crippen molar-refractivity contribution in [2.45, 2.75) is 76.2 Å². The lowest BCUT2D eigenvalue weighted by Gasteiger charge is -2.43. The van der Waals surface area contributed by atoms with Gasteiger partial charge in [-0.3, -0.25) is 0 Å². The van der Waals surface area contributed by atoms with Crippen LogP contribution in [0.4, 0.5) is 0 Å². The summed E-state index contributed by atoms with van der Waals surface area (Å²) >= 11 is 0. The normalized spacial score (nSPS) is 21.3. The molecule has 0 aromatic heterocycles. The molecule has 1 fully saturated rings. The van der Waals surface area contributed by atoms with E-state index in [1.807, 2.05) is 0 Å². The maximum absolute atomic E-state index is 13.2. The van der Waals surface area contributed by atoms with Crippen LogP contribution in [0.2, 0.25) is 0 Å². The van der Waals surface area contributed by atoms with Gasteiger partial charge in [-0.25, -0.2) is 14.4 Å². The zero-order valence-corrected chi connectivity index (χ0v) is 24.9. The Morgan fingerprint density at radius 2 is 1.14 bits per heavy atom. The Balaban J connectivity index is 1.56. The second-order valence-corrected chi connectivity index (χ2v) is 10.6. The van der Waals surface area contributed by atoms with Gasteiger partial charge in [0.2, 0.25) is 0 Å². The van der Waals surface area contributed by atoms with Crippen LogP contribution in [-0.2, 0) is 23.7 Å². The van der Waals surface area contributed by atoms with E-state index in [0.29, 0.717) is 5.56 Å². The Labute approximate surface area is 258 Å². The highest BCUT2D eigenvalue weighted by Crippen LogP contribution is 2.29. The Kier molecular flexibility index (Phi) is 12.9. The van der Waals surface area contributed by atoms with Crippen LogP contribution < -0.4 is 0 Å². The third kappa shape index (κ3) is 9.47. The predicted octanol–water partition coefficient (Wildman–Crippen LogP) is 5.76. The first-order chi connectivity index (χ1) is 21.5. The topological polar surface area (TPSA) is 118 Å². The molecule has 1 aliphatic rings. The molecule has 9 heteroatoms. The van der Waals surface area contributed by atoms with Crippen LogP contribution >= 0.6 is 0 Å². The second kappa shape index (κ2) is 17.3. The molecule has 4 rings (SSSR count). The number of unbranched alkanes of at least 4 members (excludes halogenated alkanes) is 5. The van der Waals surface area contributed by atoms with Crippen molar-refractivity contribution in [2.24, 2.45) is 0 Å². The largest absolute Gasteiger partial charge is 0.459 e. The number of hydrogen-bond acceptors (Lipinski definition) is 9. The smallest absolute Gasteiger partial charge is 0.338 e. The van der Waals surface area contributed by atoms with Crippen LogP contribution in [0.3, 0.4) is 0 Å². The summed E-state index contributed by atoms with van der Waals surface area (Å²) in [6.45, 7) is 2.09. The number of ether oxygens (including phenoxy) is 5. The summed E-state index contributed by atoms with van der Waals surface area (Å²) in [7, 11) is 0. The third-order valence-corrected chi connectivity index (χ3v) is 7.29. The van der Waals surface area contributed by atoms with Crippen molar-refractivity contribution in [3.63, 3.8) is 0 Å². The van der Waals surface area contributed by atoms with Crippen LogP contribution in [0, 0.1) is 0 Å². The van der Waals surface area contributed by atoms with Gasteiger partial charge < -0.3 is 28.8 Å². The van der Waals surface area contributed by atoms with E-state index in [2.05, 4.69) is 6.92 Å². The summed E-state index contributed by atoms with van der Waals surface area (Å²) in [5.41, 5.74) is 0.816. The molecule has 5 atom stereocenters. The molecule has 0 bridgehead atoms. The summed E-state index contributed by atoms with van der Waals surface area (Å²) in [6, 6.07) is 24.9. The first kappa shape index (κ1) is 32.9. The number of aliphatic hydroxyl groups excluding tert-OH is 1. The summed E-state index contributed by atoms with van der Waals surface area (Å²) in [6.07, 6.45) is -0.360. The highest BCUT2D eigenvalue weighted by atomic mass is 16.7. The Bertz CT molecular complexity index is 1300. The highest BCUT2D eigenvalue weighted by Gasteiger charge is 2.51. The molecule has 0 unspecified atom stereocenters. The molecule has 9 nitrogen and oxygen atoms in total. The van der Waals surface area contributed by atoms with E-state index in [1.54, 1.807) is 91.0 Å². The number of carbonyl (C=O) groups is 3. The van der Waals surface area contributed by atoms with Crippen LogP contribution in [0.15, 0.2) is 91.0 Å². The number of rotatable bonds is 15. The fraction of sp³-hybridized carbons (Fsp3) is 0.400. The van der Waals surface area contributed by atoms with Crippen LogP contribution in [0.5, 0.6) is 0 Å².